The maximum absolute atomic E-state index is 12.7. The van der Waals surface area contributed by atoms with Crippen molar-refractivity contribution in [1.82, 2.24) is 0 Å². The Balaban J connectivity index is 2.01. The number of hydrogen-bond acceptors (Lipinski definition) is 3. The molecule has 2 aromatic carbocycles. The molecule has 0 aliphatic rings. The molecule has 0 saturated heterocycles. The molecule has 2 amide bonds. The SMILES string of the molecule is CCCCC(=O)Nc1cccc(SC(CC)C(=O)Nc2ccccc2C)c1. The molecule has 0 aromatic heterocycles. The monoisotopic (exact) mass is 384 g/mol. The molecule has 1 unspecified atom stereocenters. The van der Waals surface area contributed by atoms with Crippen molar-refractivity contribution in [2.45, 2.75) is 56.6 Å². The maximum Gasteiger partial charge on any atom is 0.237 e. The first kappa shape index (κ1) is 21.0. The third-order valence-corrected chi connectivity index (χ3v) is 5.58. The van der Waals surface area contributed by atoms with Gasteiger partial charge in [-0.3, -0.25) is 9.59 Å². The van der Waals surface area contributed by atoms with Crippen molar-refractivity contribution in [2.75, 3.05) is 10.6 Å². The number of rotatable bonds is 9. The van der Waals surface area contributed by atoms with E-state index < -0.39 is 0 Å². The minimum Gasteiger partial charge on any atom is -0.326 e. The maximum atomic E-state index is 12.7. The normalized spacial score (nSPS) is 11.7. The molecular weight excluding hydrogens is 356 g/mol. The van der Waals surface area contributed by atoms with E-state index in [0.29, 0.717) is 6.42 Å². The third-order valence-electron chi connectivity index (χ3n) is 4.22. The molecule has 27 heavy (non-hydrogen) atoms. The fourth-order valence-electron chi connectivity index (χ4n) is 2.62. The molecule has 4 nitrogen and oxygen atoms in total. The zero-order chi connectivity index (χ0) is 19.6. The average Bonchev–Trinajstić information content (AvgIpc) is 2.66. The Labute approximate surface area is 166 Å². The second-order valence-corrected chi connectivity index (χ2v) is 7.77. The lowest BCUT2D eigenvalue weighted by Gasteiger charge is -2.16. The number of benzene rings is 2. The number of carbonyl (C=O) groups excluding carboxylic acids is 2. The predicted octanol–water partition coefficient (Wildman–Crippen LogP) is 5.63. The summed E-state index contributed by atoms with van der Waals surface area (Å²) in [5, 5.41) is 5.76. The van der Waals surface area contributed by atoms with Crippen LogP contribution in [0, 0.1) is 6.92 Å². The molecule has 144 valence electrons. The number of para-hydroxylation sites is 1. The standard InChI is InChI=1S/C22H28N2O2S/c1-4-6-14-21(25)23-17-11-9-12-18(15-17)27-20(5-2)22(26)24-19-13-8-7-10-16(19)3/h7-13,15,20H,4-6,14H2,1-3H3,(H,23,25)(H,24,26). The molecule has 0 saturated carbocycles. The van der Waals surface area contributed by atoms with Gasteiger partial charge >= 0.3 is 0 Å². The number of thioether (sulfide) groups is 1. The van der Waals surface area contributed by atoms with Gasteiger partial charge in [-0.15, -0.1) is 11.8 Å². The molecule has 0 aliphatic carbocycles. The summed E-state index contributed by atoms with van der Waals surface area (Å²) in [6.45, 7) is 6.05. The predicted molar refractivity (Wildman–Crippen MR) is 114 cm³/mol. The summed E-state index contributed by atoms with van der Waals surface area (Å²) in [4.78, 5) is 25.6. The minimum atomic E-state index is -0.198. The van der Waals surface area contributed by atoms with Crippen LogP contribution in [0.5, 0.6) is 0 Å². The van der Waals surface area contributed by atoms with Crippen LogP contribution in [0.3, 0.4) is 0 Å². The second kappa shape index (κ2) is 10.8. The van der Waals surface area contributed by atoms with E-state index in [1.165, 1.54) is 11.8 Å². The van der Waals surface area contributed by atoms with Crippen LogP contribution in [0.15, 0.2) is 53.4 Å². The molecule has 0 aliphatic heterocycles. The first-order valence-corrected chi connectivity index (χ1v) is 10.3. The Bertz CT molecular complexity index is 776. The first-order valence-electron chi connectivity index (χ1n) is 9.46. The van der Waals surface area contributed by atoms with Gasteiger partial charge in [0, 0.05) is 22.7 Å². The number of amides is 2. The van der Waals surface area contributed by atoms with Crippen molar-refractivity contribution in [2.24, 2.45) is 0 Å². The van der Waals surface area contributed by atoms with E-state index in [0.717, 1.165) is 41.1 Å². The minimum absolute atomic E-state index is 0.00538. The van der Waals surface area contributed by atoms with Gasteiger partial charge in [-0.2, -0.15) is 0 Å². The van der Waals surface area contributed by atoms with E-state index in [9.17, 15) is 9.59 Å². The van der Waals surface area contributed by atoms with Crippen molar-refractivity contribution in [3.8, 4) is 0 Å². The highest BCUT2D eigenvalue weighted by Crippen LogP contribution is 2.29. The van der Waals surface area contributed by atoms with Gasteiger partial charge in [0.25, 0.3) is 0 Å². The van der Waals surface area contributed by atoms with Crippen LogP contribution in [0.1, 0.15) is 45.1 Å². The highest BCUT2D eigenvalue weighted by molar-refractivity contribution is 8.00. The van der Waals surface area contributed by atoms with E-state index in [1.807, 2.05) is 62.4 Å². The Morgan fingerprint density at radius 2 is 1.81 bits per heavy atom. The van der Waals surface area contributed by atoms with E-state index in [4.69, 9.17) is 0 Å². The van der Waals surface area contributed by atoms with Crippen LogP contribution in [0.25, 0.3) is 0 Å². The summed E-state index contributed by atoms with van der Waals surface area (Å²) in [5.41, 5.74) is 2.66. The van der Waals surface area contributed by atoms with Gasteiger partial charge in [0.2, 0.25) is 11.8 Å². The van der Waals surface area contributed by atoms with Crippen molar-refractivity contribution in [3.05, 3.63) is 54.1 Å². The number of aryl methyl sites for hydroxylation is 1. The topological polar surface area (TPSA) is 58.2 Å². The molecule has 0 spiro atoms. The molecule has 0 fully saturated rings. The average molecular weight is 385 g/mol. The van der Waals surface area contributed by atoms with E-state index >= 15 is 0 Å². The quantitative estimate of drug-likeness (QED) is 0.551. The summed E-state index contributed by atoms with van der Waals surface area (Å²) in [6, 6.07) is 15.4. The number of anilines is 2. The van der Waals surface area contributed by atoms with E-state index in [-0.39, 0.29) is 17.1 Å². The zero-order valence-corrected chi connectivity index (χ0v) is 17.1. The van der Waals surface area contributed by atoms with Gasteiger partial charge < -0.3 is 10.6 Å². The molecule has 2 rings (SSSR count). The molecule has 0 bridgehead atoms. The highest BCUT2D eigenvalue weighted by Gasteiger charge is 2.19. The highest BCUT2D eigenvalue weighted by atomic mass is 32.2. The second-order valence-electron chi connectivity index (χ2n) is 6.50. The number of carbonyl (C=O) groups is 2. The fourth-order valence-corrected chi connectivity index (χ4v) is 3.63. The van der Waals surface area contributed by atoms with Crippen LogP contribution in [0.2, 0.25) is 0 Å². The summed E-state index contributed by atoms with van der Waals surface area (Å²) in [6.07, 6.45) is 3.13. The van der Waals surface area contributed by atoms with Gasteiger partial charge in [-0.25, -0.2) is 0 Å². The number of nitrogens with one attached hydrogen (secondary N) is 2. The van der Waals surface area contributed by atoms with Crippen molar-refractivity contribution in [3.63, 3.8) is 0 Å². The lowest BCUT2D eigenvalue weighted by atomic mass is 10.2. The van der Waals surface area contributed by atoms with E-state index in [2.05, 4.69) is 17.6 Å². The third kappa shape index (κ3) is 6.75. The molecular formula is C22H28N2O2S. The summed E-state index contributed by atoms with van der Waals surface area (Å²) in [7, 11) is 0. The lowest BCUT2D eigenvalue weighted by Crippen LogP contribution is -2.24. The Morgan fingerprint density at radius 3 is 2.52 bits per heavy atom. The molecule has 0 heterocycles. The molecule has 0 radical (unpaired) electrons. The molecule has 2 aromatic rings. The molecule has 1 atom stereocenters. The Morgan fingerprint density at radius 1 is 1.04 bits per heavy atom. The lowest BCUT2D eigenvalue weighted by molar-refractivity contribution is -0.116. The van der Waals surface area contributed by atoms with Crippen LogP contribution >= 0.6 is 11.8 Å². The van der Waals surface area contributed by atoms with Gasteiger partial charge in [0.15, 0.2) is 0 Å². The summed E-state index contributed by atoms with van der Waals surface area (Å²) < 4.78 is 0. The van der Waals surface area contributed by atoms with Gasteiger partial charge in [-0.1, -0.05) is 44.5 Å². The van der Waals surface area contributed by atoms with E-state index in [1.54, 1.807) is 0 Å². The zero-order valence-electron chi connectivity index (χ0n) is 16.2. The Hall–Kier alpha value is -2.27. The molecule has 2 N–H and O–H groups in total. The van der Waals surface area contributed by atoms with Crippen molar-refractivity contribution >= 4 is 35.0 Å². The largest absolute Gasteiger partial charge is 0.326 e. The number of unbranched alkanes of at least 4 members (excludes halogenated alkanes) is 1. The van der Waals surface area contributed by atoms with Crippen LogP contribution < -0.4 is 10.6 Å². The van der Waals surface area contributed by atoms with Crippen LogP contribution in [0.4, 0.5) is 11.4 Å². The van der Waals surface area contributed by atoms with Crippen LogP contribution in [-0.2, 0) is 9.59 Å². The van der Waals surface area contributed by atoms with Crippen molar-refractivity contribution < 1.29 is 9.59 Å². The first-order chi connectivity index (χ1) is 13.0. The smallest absolute Gasteiger partial charge is 0.237 e. The van der Waals surface area contributed by atoms with Crippen molar-refractivity contribution in [1.29, 1.82) is 0 Å². The fraction of sp³-hybridized carbons (Fsp3) is 0.364. The van der Waals surface area contributed by atoms with Gasteiger partial charge in [0.1, 0.15) is 0 Å². The summed E-state index contributed by atoms with van der Waals surface area (Å²) >= 11 is 1.52. The van der Waals surface area contributed by atoms with Crippen LogP contribution in [-0.4, -0.2) is 17.1 Å². The Kier molecular flexibility index (Phi) is 8.40. The summed E-state index contributed by atoms with van der Waals surface area (Å²) in [5.74, 6) is 0.0255. The van der Waals surface area contributed by atoms with Gasteiger partial charge in [0.05, 0.1) is 5.25 Å². The van der Waals surface area contributed by atoms with Gasteiger partial charge in [-0.05, 0) is 49.6 Å². The number of hydrogen-bond donors (Lipinski definition) is 2. The molecule has 5 heteroatoms.